The molecule has 0 unspecified atom stereocenters. The van der Waals surface area contributed by atoms with Crippen LogP contribution in [0.2, 0.25) is 0 Å². The van der Waals surface area contributed by atoms with Crippen LogP contribution < -0.4 is 5.32 Å². The van der Waals surface area contributed by atoms with Crippen molar-refractivity contribution < 1.29 is 17.0 Å². The van der Waals surface area contributed by atoms with Gasteiger partial charge in [0, 0.05) is 41.5 Å². The van der Waals surface area contributed by atoms with Crippen molar-refractivity contribution in [2.45, 2.75) is 18.4 Å². The van der Waals surface area contributed by atoms with Gasteiger partial charge in [-0.3, -0.25) is 4.21 Å². The quantitative estimate of drug-likeness (QED) is 0.815. The van der Waals surface area contributed by atoms with Crippen LogP contribution in [0.25, 0.3) is 0 Å². The van der Waals surface area contributed by atoms with E-state index in [1.54, 1.807) is 0 Å². The highest BCUT2D eigenvalue weighted by Gasteiger charge is 2.31. The van der Waals surface area contributed by atoms with E-state index in [0.29, 0.717) is 23.8 Å². The van der Waals surface area contributed by atoms with E-state index in [9.17, 15) is 12.6 Å². The smallest absolute Gasteiger partial charge is 0.247 e. The first-order valence-corrected chi connectivity index (χ1v) is 10.0. The Kier molecular flexibility index (Phi) is 5.41. The van der Waals surface area contributed by atoms with Gasteiger partial charge in [-0.05, 0) is 22.5 Å². The number of nitrogens with one attached hydrogen (secondary N) is 1. The molecule has 0 aliphatic carbocycles. The van der Waals surface area contributed by atoms with Crippen molar-refractivity contribution in [2.75, 3.05) is 31.1 Å². The van der Waals surface area contributed by atoms with Crippen LogP contribution in [-0.2, 0) is 27.4 Å². The molecule has 2 heterocycles. The Hall–Kier alpha value is -0.220. The van der Waals surface area contributed by atoms with Crippen molar-refractivity contribution in [3.05, 3.63) is 16.5 Å². The Morgan fingerprint density at radius 2 is 2.10 bits per heavy atom. The highest BCUT2D eigenvalue weighted by molar-refractivity contribution is 9.10. The van der Waals surface area contributed by atoms with E-state index in [-0.39, 0.29) is 22.7 Å². The topological polar surface area (TPSA) is 79.6 Å². The van der Waals surface area contributed by atoms with Gasteiger partial charge in [-0.2, -0.15) is 4.31 Å². The van der Waals surface area contributed by atoms with Crippen LogP contribution in [0.1, 0.15) is 12.7 Å². The Bertz CT molecular complexity index is 590. The summed E-state index contributed by atoms with van der Waals surface area (Å²) in [5, 5.41) is 3.08. The molecule has 1 aliphatic heterocycles. The molecule has 1 fully saturated rings. The van der Waals surface area contributed by atoms with Crippen molar-refractivity contribution in [1.29, 1.82) is 0 Å². The summed E-state index contributed by atoms with van der Waals surface area (Å²) in [4.78, 5) is 0.137. The molecule has 6 nitrogen and oxygen atoms in total. The van der Waals surface area contributed by atoms with Gasteiger partial charge in [0.05, 0.1) is 6.54 Å². The standard InChI is InChI=1S/C11H17BrN2O4S2/c1-2-13-8-9-7-10(11(12)18-9)20(16,17)14-3-5-19(15)6-4-14/h7,13H,2-6,8H2,1H3. The van der Waals surface area contributed by atoms with Gasteiger partial charge in [0.2, 0.25) is 10.0 Å². The molecule has 0 spiro atoms. The van der Waals surface area contributed by atoms with Gasteiger partial charge in [-0.1, -0.05) is 6.92 Å². The number of hydrogen-bond acceptors (Lipinski definition) is 5. The summed E-state index contributed by atoms with van der Waals surface area (Å²) in [5.74, 6) is 1.34. The molecular formula is C11H17BrN2O4S2. The zero-order valence-electron chi connectivity index (χ0n) is 11.1. The molecule has 1 aromatic heterocycles. The minimum Gasteiger partial charge on any atom is -0.452 e. The van der Waals surface area contributed by atoms with Crippen LogP contribution in [0.5, 0.6) is 0 Å². The molecule has 20 heavy (non-hydrogen) atoms. The number of nitrogens with zero attached hydrogens (tertiary/aromatic N) is 1. The molecule has 0 aromatic carbocycles. The Labute approximate surface area is 129 Å². The lowest BCUT2D eigenvalue weighted by Gasteiger charge is -2.24. The summed E-state index contributed by atoms with van der Waals surface area (Å²) in [6.45, 7) is 3.79. The third-order valence-electron chi connectivity index (χ3n) is 3.01. The third-order valence-corrected chi connectivity index (χ3v) is 7.04. The molecule has 0 amide bonds. The molecule has 1 saturated heterocycles. The van der Waals surface area contributed by atoms with Crippen LogP contribution in [-0.4, -0.2) is 48.1 Å². The summed E-state index contributed by atoms with van der Waals surface area (Å²) in [6, 6.07) is 1.54. The molecule has 1 N–H and O–H groups in total. The second-order valence-corrected chi connectivity index (χ2v) is 8.71. The highest BCUT2D eigenvalue weighted by Crippen LogP contribution is 2.29. The first-order valence-electron chi connectivity index (χ1n) is 6.29. The first-order chi connectivity index (χ1) is 9.45. The number of rotatable bonds is 5. The van der Waals surface area contributed by atoms with Crippen LogP contribution in [0, 0.1) is 0 Å². The highest BCUT2D eigenvalue weighted by atomic mass is 79.9. The van der Waals surface area contributed by atoms with Crippen molar-refractivity contribution in [2.24, 2.45) is 0 Å². The molecular weight excluding hydrogens is 368 g/mol. The summed E-state index contributed by atoms with van der Waals surface area (Å²) < 4.78 is 43.3. The summed E-state index contributed by atoms with van der Waals surface area (Å²) in [7, 11) is -4.50. The monoisotopic (exact) mass is 384 g/mol. The lowest BCUT2D eigenvalue weighted by Crippen LogP contribution is -2.41. The number of furan rings is 1. The zero-order valence-corrected chi connectivity index (χ0v) is 14.3. The van der Waals surface area contributed by atoms with E-state index in [2.05, 4.69) is 21.2 Å². The van der Waals surface area contributed by atoms with Gasteiger partial charge < -0.3 is 9.73 Å². The van der Waals surface area contributed by atoms with Crippen molar-refractivity contribution in [1.82, 2.24) is 9.62 Å². The van der Waals surface area contributed by atoms with Crippen LogP contribution >= 0.6 is 15.9 Å². The van der Waals surface area contributed by atoms with Gasteiger partial charge in [-0.25, -0.2) is 8.42 Å². The summed E-state index contributed by atoms with van der Waals surface area (Å²) in [5.41, 5.74) is 0. The van der Waals surface area contributed by atoms with E-state index < -0.39 is 20.8 Å². The van der Waals surface area contributed by atoms with Crippen LogP contribution in [0.3, 0.4) is 0 Å². The maximum atomic E-state index is 12.5. The largest absolute Gasteiger partial charge is 0.452 e. The second kappa shape index (κ2) is 6.69. The fourth-order valence-corrected chi connectivity index (χ4v) is 5.60. The Balaban J connectivity index is 2.20. The average molecular weight is 385 g/mol. The van der Waals surface area contributed by atoms with Gasteiger partial charge in [0.15, 0.2) is 4.67 Å². The van der Waals surface area contributed by atoms with Crippen LogP contribution in [0.15, 0.2) is 20.0 Å². The number of hydrogen-bond donors (Lipinski definition) is 1. The molecule has 1 aliphatic rings. The van der Waals surface area contributed by atoms with Gasteiger partial charge in [0.1, 0.15) is 10.7 Å². The van der Waals surface area contributed by atoms with E-state index in [4.69, 9.17) is 4.42 Å². The zero-order chi connectivity index (χ0) is 14.8. The maximum absolute atomic E-state index is 12.5. The van der Waals surface area contributed by atoms with Gasteiger partial charge in [0.25, 0.3) is 0 Å². The van der Waals surface area contributed by atoms with E-state index in [1.807, 2.05) is 6.92 Å². The third kappa shape index (κ3) is 3.51. The molecule has 0 atom stereocenters. The van der Waals surface area contributed by atoms with Gasteiger partial charge in [-0.15, -0.1) is 0 Å². The van der Waals surface area contributed by atoms with E-state index in [0.717, 1.165) is 6.54 Å². The van der Waals surface area contributed by atoms with Crippen molar-refractivity contribution in [3.8, 4) is 0 Å². The molecule has 9 heteroatoms. The molecule has 1 aromatic rings. The molecule has 114 valence electrons. The lowest BCUT2D eigenvalue weighted by atomic mass is 10.4. The van der Waals surface area contributed by atoms with E-state index in [1.165, 1.54) is 10.4 Å². The Morgan fingerprint density at radius 3 is 2.70 bits per heavy atom. The molecule has 2 rings (SSSR count). The Morgan fingerprint density at radius 1 is 1.45 bits per heavy atom. The number of sulfonamides is 1. The van der Waals surface area contributed by atoms with Crippen molar-refractivity contribution >= 4 is 36.8 Å². The predicted octanol–water partition coefficient (Wildman–Crippen LogP) is 0.905. The minimum atomic E-state index is -3.59. The molecule has 0 radical (unpaired) electrons. The molecule has 0 saturated carbocycles. The second-order valence-electron chi connectivity index (χ2n) is 4.38. The normalized spacial score (nSPS) is 18.5. The predicted molar refractivity (Wildman–Crippen MR) is 80.4 cm³/mol. The maximum Gasteiger partial charge on any atom is 0.247 e. The van der Waals surface area contributed by atoms with E-state index >= 15 is 0 Å². The van der Waals surface area contributed by atoms with Gasteiger partial charge >= 0.3 is 0 Å². The summed E-state index contributed by atoms with van der Waals surface area (Å²) >= 11 is 3.16. The SMILES string of the molecule is CCNCc1cc(S(=O)(=O)N2CCS(=O)CC2)c(Br)o1. The van der Waals surface area contributed by atoms with Crippen molar-refractivity contribution in [3.63, 3.8) is 0 Å². The average Bonchev–Trinajstić information content (AvgIpc) is 2.79. The lowest BCUT2D eigenvalue weighted by molar-refractivity contribution is 0.433. The van der Waals surface area contributed by atoms with Crippen LogP contribution in [0.4, 0.5) is 0 Å². The summed E-state index contributed by atoms with van der Waals surface area (Å²) in [6.07, 6.45) is 0. The minimum absolute atomic E-state index is 0.137. The number of halogens is 1. The molecule has 0 bridgehead atoms. The fourth-order valence-electron chi connectivity index (χ4n) is 1.91. The first kappa shape index (κ1) is 16.2. The fraction of sp³-hybridized carbons (Fsp3) is 0.636.